The highest BCUT2D eigenvalue weighted by Crippen LogP contribution is 2.23. The molecule has 2 aliphatic heterocycles. The SMILES string of the molecule is COC(=O)c1cn(-c2ccc(S(=O)(=O)C(C)C)nc2)cc2c(=O)[nH]nc1-2. The van der Waals surface area contributed by atoms with Crippen LogP contribution in [-0.2, 0) is 14.6 Å². The average molecular weight is 376 g/mol. The molecule has 0 saturated carbocycles. The molecule has 0 atom stereocenters. The topological polar surface area (TPSA) is 124 Å². The molecule has 1 N–H and O–H groups in total. The molecule has 1 aromatic heterocycles. The first kappa shape index (κ1) is 17.8. The van der Waals surface area contributed by atoms with Crippen molar-refractivity contribution in [2.45, 2.75) is 24.1 Å². The normalized spacial score (nSPS) is 11.8. The molecule has 0 spiro atoms. The van der Waals surface area contributed by atoms with Crippen LogP contribution in [0.15, 0.2) is 40.5 Å². The van der Waals surface area contributed by atoms with Gasteiger partial charge in [0.25, 0.3) is 5.56 Å². The molecule has 0 fully saturated rings. The maximum atomic E-state index is 12.2. The number of aromatic nitrogens is 4. The van der Waals surface area contributed by atoms with Crippen molar-refractivity contribution >= 4 is 15.8 Å². The predicted molar refractivity (Wildman–Crippen MR) is 92.3 cm³/mol. The first-order chi connectivity index (χ1) is 12.3. The van der Waals surface area contributed by atoms with Crippen LogP contribution in [0.2, 0.25) is 0 Å². The summed E-state index contributed by atoms with van der Waals surface area (Å²) >= 11 is 0. The Hall–Kier alpha value is -3.01. The van der Waals surface area contributed by atoms with Crippen LogP contribution in [0.3, 0.4) is 0 Å². The first-order valence-corrected chi connectivity index (χ1v) is 9.19. The summed E-state index contributed by atoms with van der Waals surface area (Å²) in [5.74, 6) is -0.650. The standard InChI is InChI=1S/C16H16N4O5S/c1-9(2)26(23,24)13-5-4-10(6-17-13)20-7-11-14(18-19-15(11)21)12(8-20)16(22)25-3/h4-9H,1-3H3,(H,19,21). The number of aromatic amines is 1. The molecule has 0 saturated heterocycles. The molecular formula is C16H16N4O5S. The zero-order valence-electron chi connectivity index (χ0n) is 14.3. The van der Waals surface area contributed by atoms with E-state index in [1.807, 2.05) is 0 Å². The predicted octanol–water partition coefficient (Wildman–Crippen LogP) is 1.03. The molecule has 1 aromatic rings. The molecule has 3 rings (SSSR count). The van der Waals surface area contributed by atoms with E-state index in [1.54, 1.807) is 19.9 Å². The molecule has 0 unspecified atom stereocenters. The number of pyridine rings is 2. The number of carbonyl (C=O) groups is 1. The van der Waals surface area contributed by atoms with Crippen LogP contribution in [0, 0.1) is 0 Å². The van der Waals surface area contributed by atoms with E-state index >= 15 is 0 Å². The van der Waals surface area contributed by atoms with Gasteiger partial charge in [0.2, 0.25) is 0 Å². The van der Waals surface area contributed by atoms with Gasteiger partial charge in [0, 0.05) is 12.4 Å². The molecular weight excluding hydrogens is 360 g/mol. The fraction of sp³-hybridized carbons (Fsp3) is 0.250. The van der Waals surface area contributed by atoms with Gasteiger partial charge < -0.3 is 9.30 Å². The van der Waals surface area contributed by atoms with Gasteiger partial charge in [-0.05, 0) is 26.0 Å². The van der Waals surface area contributed by atoms with Crippen molar-refractivity contribution in [3.8, 4) is 16.9 Å². The summed E-state index contributed by atoms with van der Waals surface area (Å²) in [5.41, 5.74) is 0.519. The van der Waals surface area contributed by atoms with Crippen molar-refractivity contribution in [3.63, 3.8) is 0 Å². The van der Waals surface area contributed by atoms with Gasteiger partial charge in [-0.2, -0.15) is 5.10 Å². The highest BCUT2D eigenvalue weighted by Gasteiger charge is 2.23. The zero-order chi connectivity index (χ0) is 19.1. The minimum atomic E-state index is -3.49. The van der Waals surface area contributed by atoms with Crippen molar-refractivity contribution in [3.05, 3.63) is 46.6 Å². The highest BCUT2D eigenvalue weighted by atomic mass is 32.2. The Morgan fingerprint density at radius 3 is 2.58 bits per heavy atom. The van der Waals surface area contributed by atoms with E-state index in [4.69, 9.17) is 4.74 Å². The smallest absolute Gasteiger partial charge is 0.341 e. The monoisotopic (exact) mass is 376 g/mol. The number of ether oxygens (including phenoxy) is 1. The summed E-state index contributed by atoms with van der Waals surface area (Å²) in [6.45, 7) is 3.15. The number of H-pyrrole nitrogens is 1. The number of fused-ring (bicyclic) bond motifs is 1. The van der Waals surface area contributed by atoms with Crippen LogP contribution >= 0.6 is 0 Å². The maximum Gasteiger partial charge on any atom is 0.341 e. The summed E-state index contributed by atoms with van der Waals surface area (Å²) < 4.78 is 30.5. The Labute approximate surface area is 148 Å². The second-order valence-corrected chi connectivity index (χ2v) is 8.29. The summed E-state index contributed by atoms with van der Waals surface area (Å²) in [6, 6.07) is 2.92. The van der Waals surface area contributed by atoms with E-state index in [-0.39, 0.29) is 21.8 Å². The van der Waals surface area contributed by atoms with Crippen molar-refractivity contribution < 1.29 is 17.9 Å². The fourth-order valence-electron chi connectivity index (χ4n) is 2.38. The van der Waals surface area contributed by atoms with E-state index in [0.29, 0.717) is 5.69 Å². The second kappa shape index (κ2) is 6.37. The van der Waals surface area contributed by atoms with Crippen molar-refractivity contribution in [1.29, 1.82) is 0 Å². The number of nitrogens with zero attached hydrogens (tertiary/aromatic N) is 3. The quantitative estimate of drug-likeness (QED) is 0.674. The lowest BCUT2D eigenvalue weighted by Gasteiger charge is -2.12. The van der Waals surface area contributed by atoms with Gasteiger partial charge in [-0.3, -0.25) is 4.79 Å². The number of hydrogen-bond donors (Lipinski definition) is 1. The third-order valence-corrected chi connectivity index (χ3v) is 5.96. The summed E-state index contributed by atoms with van der Waals surface area (Å²) in [7, 11) is -2.27. The number of rotatable bonds is 4. The Bertz CT molecular complexity index is 1100. The number of sulfone groups is 1. The molecule has 3 heterocycles. The minimum absolute atomic E-state index is 0.0426. The molecule has 10 heteroatoms. The zero-order valence-corrected chi connectivity index (χ0v) is 15.1. The second-order valence-electron chi connectivity index (χ2n) is 5.83. The molecule has 26 heavy (non-hydrogen) atoms. The first-order valence-electron chi connectivity index (χ1n) is 7.64. The van der Waals surface area contributed by atoms with E-state index in [0.717, 1.165) is 0 Å². The van der Waals surface area contributed by atoms with Crippen molar-refractivity contribution in [1.82, 2.24) is 19.7 Å². The molecule has 0 amide bonds. The van der Waals surface area contributed by atoms with Gasteiger partial charge in [-0.1, -0.05) is 0 Å². The van der Waals surface area contributed by atoms with E-state index in [1.165, 1.54) is 36.3 Å². The van der Waals surface area contributed by atoms with Crippen LogP contribution in [0.4, 0.5) is 0 Å². The summed E-state index contributed by atoms with van der Waals surface area (Å²) in [4.78, 5) is 27.9. The fourth-order valence-corrected chi connectivity index (χ4v) is 3.32. The van der Waals surface area contributed by atoms with E-state index < -0.39 is 26.6 Å². The molecule has 0 aromatic carbocycles. The third kappa shape index (κ3) is 2.88. The number of carbonyl (C=O) groups excluding carboxylic acids is 1. The maximum absolute atomic E-state index is 12.2. The van der Waals surface area contributed by atoms with Gasteiger partial charge in [0.15, 0.2) is 14.9 Å². The van der Waals surface area contributed by atoms with Gasteiger partial charge in [0.05, 0.1) is 29.8 Å². The Balaban J connectivity index is 2.14. The van der Waals surface area contributed by atoms with Gasteiger partial charge >= 0.3 is 5.97 Å². The Morgan fingerprint density at radius 2 is 2.00 bits per heavy atom. The number of nitrogens with one attached hydrogen (secondary N) is 1. The Kier molecular flexibility index (Phi) is 4.36. The number of esters is 1. The molecule has 2 aliphatic rings. The minimum Gasteiger partial charge on any atom is -0.465 e. The van der Waals surface area contributed by atoms with Crippen LogP contribution in [0.1, 0.15) is 24.2 Å². The van der Waals surface area contributed by atoms with Gasteiger partial charge in [0.1, 0.15) is 11.3 Å². The largest absolute Gasteiger partial charge is 0.465 e. The number of hydrogen-bond acceptors (Lipinski definition) is 7. The van der Waals surface area contributed by atoms with E-state index in [9.17, 15) is 18.0 Å². The van der Waals surface area contributed by atoms with Crippen LogP contribution in [0.25, 0.3) is 16.9 Å². The molecule has 0 aliphatic carbocycles. The summed E-state index contributed by atoms with van der Waals surface area (Å²) in [5, 5.41) is 5.50. The van der Waals surface area contributed by atoms with Gasteiger partial charge in [-0.25, -0.2) is 23.3 Å². The lowest BCUT2D eigenvalue weighted by atomic mass is 10.1. The lowest BCUT2D eigenvalue weighted by Crippen LogP contribution is -2.16. The molecule has 0 bridgehead atoms. The van der Waals surface area contributed by atoms with Gasteiger partial charge in [-0.15, -0.1) is 0 Å². The Morgan fingerprint density at radius 1 is 1.27 bits per heavy atom. The van der Waals surface area contributed by atoms with Crippen LogP contribution in [-0.4, -0.2) is 46.5 Å². The number of methoxy groups -OCH3 is 1. The molecule has 0 radical (unpaired) electrons. The third-order valence-electron chi connectivity index (χ3n) is 3.90. The summed E-state index contributed by atoms with van der Waals surface area (Å²) in [6.07, 6.45) is 4.29. The average Bonchev–Trinajstić information content (AvgIpc) is 3.01. The highest BCUT2D eigenvalue weighted by molar-refractivity contribution is 7.91. The van der Waals surface area contributed by atoms with E-state index in [2.05, 4.69) is 15.2 Å². The van der Waals surface area contributed by atoms with Crippen molar-refractivity contribution in [2.24, 2.45) is 0 Å². The lowest BCUT2D eigenvalue weighted by molar-refractivity contribution is 0.0600. The van der Waals surface area contributed by atoms with Crippen molar-refractivity contribution in [2.75, 3.05) is 7.11 Å². The van der Waals surface area contributed by atoms with Crippen LogP contribution in [0.5, 0.6) is 0 Å². The molecule has 136 valence electrons. The van der Waals surface area contributed by atoms with Crippen LogP contribution < -0.4 is 5.56 Å². The molecule has 9 nitrogen and oxygen atoms in total.